The first-order valence-electron chi connectivity index (χ1n) is 14.4. The number of nitrogens with zero attached hydrogens (tertiary/aromatic N) is 2. The van der Waals surface area contributed by atoms with Gasteiger partial charge >= 0.3 is 0 Å². The zero-order valence-corrected chi connectivity index (χ0v) is 23.9. The summed E-state index contributed by atoms with van der Waals surface area (Å²) in [6, 6.07) is 47.1. The van der Waals surface area contributed by atoms with Crippen LogP contribution < -0.4 is 4.90 Å². The van der Waals surface area contributed by atoms with E-state index in [2.05, 4.69) is 126 Å². The van der Waals surface area contributed by atoms with Gasteiger partial charge in [0.15, 0.2) is 0 Å². The third kappa shape index (κ3) is 3.84. The Bertz CT molecular complexity index is 2460. The van der Waals surface area contributed by atoms with Crippen molar-refractivity contribution in [2.45, 2.75) is 0 Å². The van der Waals surface area contributed by atoms with Gasteiger partial charge < -0.3 is 9.32 Å². The van der Waals surface area contributed by atoms with Crippen LogP contribution in [0.15, 0.2) is 150 Å². The van der Waals surface area contributed by atoms with E-state index in [-0.39, 0.29) is 0 Å². The summed E-state index contributed by atoms with van der Waals surface area (Å²) < 4.78 is 8.80. The monoisotopic (exact) mass is 568 g/mol. The highest BCUT2D eigenvalue weighted by Gasteiger charge is 2.21. The van der Waals surface area contributed by atoms with Crippen LogP contribution in [0.2, 0.25) is 0 Å². The first kappa shape index (κ1) is 24.2. The Balaban J connectivity index is 1.29. The molecule has 0 unspecified atom stereocenters. The molecule has 0 N–H and O–H groups in total. The first-order valence-corrected chi connectivity index (χ1v) is 15.2. The fraction of sp³-hybridized carbons (Fsp3) is 0. The highest BCUT2D eigenvalue weighted by Crippen LogP contribution is 2.46. The number of anilines is 3. The van der Waals surface area contributed by atoms with Crippen molar-refractivity contribution in [3.05, 3.63) is 146 Å². The predicted molar refractivity (Wildman–Crippen MR) is 182 cm³/mol. The highest BCUT2D eigenvalue weighted by molar-refractivity contribution is 7.26. The summed E-state index contributed by atoms with van der Waals surface area (Å²) in [7, 11) is 0. The smallest absolute Gasteiger partial charge is 0.137 e. The number of fused-ring (bicyclic) bond motifs is 8. The minimum atomic E-state index is 0.868. The lowest BCUT2D eigenvalue weighted by Crippen LogP contribution is -2.10. The van der Waals surface area contributed by atoms with E-state index in [4.69, 9.17) is 9.40 Å². The average Bonchev–Trinajstić information content (AvgIpc) is 3.64. The predicted octanol–water partition coefficient (Wildman–Crippen LogP) is 11.6. The van der Waals surface area contributed by atoms with Gasteiger partial charge in [-0.3, -0.25) is 4.98 Å². The summed E-state index contributed by atoms with van der Waals surface area (Å²) >= 11 is 1.82. The van der Waals surface area contributed by atoms with Crippen LogP contribution in [0.1, 0.15) is 0 Å². The molecule has 43 heavy (non-hydrogen) atoms. The van der Waals surface area contributed by atoms with Gasteiger partial charge in [-0.05, 0) is 58.3 Å². The van der Waals surface area contributed by atoms with E-state index in [1.54, 1.807) is 0 Å². The van der Waals surface area contributed by atoms with Gasteiger partial charge in [0.05, 0.1) is 16.6 Å². The SMILES string of the molecule is c1ccc(-c2ccc(N(c3ccc4c(c3)oc3ccccc34)c3cncc4c3sc3ccc5ccccc5c34)cc2)cc1. The number of rotatable bonds is 4. The molecule has 0 saturated heterocycles. The van der Waals surface area contributed by atoms with Gasteiger partial charge in [0.2, 0.25) is 0 Å². The Morgan fingerprint density at radius 3 is 2.14 bits per heavy atom. The van der Waals surface area contributed by atoms with Crippen molar-refractivity contribution >= 4 is 81.3 Å². The number of furan rings is 1. The van der Waals surface area contributed by atoms with Gasteiger partial charge in [-0.2, -0.15) is 0 Å². The molecule has 0 aliphatic rings. The average molecular weight is 569 g/mol. The lowest BCUT2D eigenvalue weighted by atomic mass is 10.0. The minimum absolute atomic E-state index is 0.868. The zero-order valence-electron chi connectivity index (χ0n) is 23.1. The number of para-hydroxylation sites is 1. The molecule has 0 bridgehead atoms. The summed E-state index contributed by atoms with van der Waals surface area (Å²) in [4.78, 5) is 7.13. The molecule has 3 nitrogen and oxygen atoms in total. The lowest BCUT2D eigenvalue weighted by Gasteiger charge is -2.26. The molecule has 0 atom stereocenters. The number of hydrogen-bond donors (Lipinski definition) is 0. The second-order valence-electron chi connectivity index (χ2n) is 10.8. The first-order chi connectivity index (χ1) is 21.3. The Morgan fingerprint density at radius 1 is 0.535 bits per heavy atom. The number of aromatic nitrogens is 1. The molecule has 6 aromatic carbocycles. The van der Waals surface area contributed by atoms with Crippen LogP contribution in [0.25, 0.3) is 64.0 Å². The number of pyridine rings is 1. The van der Waals surface area contributed by atoms with Crippen molar-refractivity contribution in [3.63, 3.8) is 0 Å². The van der Waals surface area contributed by atoms with Crippen LogP contribution in [0.3, 0.4) is 0 Å². The molecule has 3 heterocycles. The molecule has 0 spiro atoms. The molecule has 9 rings (SSSR count). The van der Waals surface area contributed by atoms with Gasteiger partial charge in [-0.15, -0.1) is 11.3 Å². The van der Waals surface area contributed by atoms with Gasteiger partial charge in [0.25, 0.3) is 0 Å². The van der Waals surface area contributed by atoms with Crippen molar-refractivity contribution in [1.29, 1.82) is 0 Å². The van der Waals surface area contributed by atoms with E-state index in [9.17, 15) is 0 Å². The van der Waals surface area contributed by atoms with Gasteiger partial charge in [-0.25, -0.2) is 0 Å². The standard InChI is InChI=1S/C39H24N2OS/c1-2-8-25(9-3-1)26-14-17-28(18-15-26)41(29-19-20-32-31-12-6-7-13-35(31)42-36(32)22-29)34-24-40-23-33-38-30-11-5-4-10-27(30)16-21-37(38)43-39(33)34/h1-24H. The Morgan fingerprint density at radius 2 is 1.26 bits per heavy atom. The van der Waals surface area contributed by atoms with Crippen LogP contribution in [0.4, 0.5) is 17.1 Å². The molecule has 3 aromatic heterocycles. The van der Waals surface area contributed by atoms with Crippen molar-refractivity contribution in [1.82, 2.24) is 4.98 Å². The third-order valence-electron chi connectivity index (χ3n) is 8.34. The van der Waals surface area contributed by atoms with Gasteiger partial charge in [0, 0.05) is 49.9 Å². The highest BCUT2D eigenvalue weighted by atomic mass is 32.1. The van der Waals surface area contributed by atoms with Crippen LogP contribution in [0.5, 0.6) is 0 Å². The van der Waals surface area contributed by atoms with Gasteiger partial charge in [-0.1, -0.05) is 91.0 Å². The fourth-order valence-corrected chi connectivity index (χ4v) is 7.51. The molecule has 0 saturated carbocycles. The molecular formula is C39H24N2OS. The molecule has 0 amide bonds. The van der Waals surface area contributed by atoms with E-state index in [1.165, 1.54) is 42.1 Å². The molecule has 0 aliphatic carbocycles. The normalized spacial score (nSPS) is 11.7. The zero-order chi connectivity index (χ0) is 28.3. The Labute approximate surface area is 251 Å². The fourth-order valence-electron chi connectivity index (χ4n) is 6.32. The van der Waals surface area contributed by atoms with E-state index >= 15 is 0 Å². The van der Waals surface area contributed by atoms with Crippen molar-refractivity contribution in [2.24, 2.45) is 0 Å². The largest absolute Gasteiger partial charge is 0.456 e. The summed E-state index contributed by atoms with van der Waals surface area (Å²) in [5.74, 6) is 0. The number of benzene rings is 6. The molecule has 0 fully saturated rings. The minimum Gasteiger partial charge on any atom is -0.456 e. The molecule has 4 heteroatoms. The molecule has 202 valence electrons. The van der Waals surface area contributed by atoms with Crippen molar-refractivity contribution in [3.8, 4) is 11.1 Å². The Kier molecular flexibility index (Phi) is 5.37. The maximum Gasteiger partial charge on any atom is 0.137 e. The summed E-state index contributed by atoms with van der Waals surface area (Å²) in [6.45, 7) is 0. The van der Waals surface area contributed by atoms with Gasteiger partial charge in [0.1, 0.15) is 11.2 Å². The second kappa shape index (κ2) is 9.55. The molecule has 9 aromatic rings. The van der Waals surface area contributed by atoms with Crippen LogP contribution in [-0.4, -0.2) is 4.98 Å². The maximum absolute atomic E-state index is 6.34. The van der Waals surface area contributed by atoms with E-state index in [1.807, 2.05) is 35.9 Å². The quantitative estimate of drug-likeness (QED) is 0.211. The lowest BCUT2D eigenvalue weighted by molar-refractivity contribution is 0.669. The molecule has 0 aliphatic heterocycles. The van der Waals surface area contributed by atoms with Crippen LogP contribution in [0, 0.1) is 0 Å². The summed E-state index contributed by atoms with van der Waals surface area (Å²) in [6.07, 6.45) is 4.01. The topological polar surface area (TPSA) is 29.3 Å². The maximum atomic E-state index is 6.34. The van der Waals surface area contributed by atoms with E-state index in [0.717, 1.165) is 39.0 Å². The van der Waals surface area contributed by atoms with E-state index in [0.29, 0.717) is 0 Å². The summed E-state index contributed by atoms with van der Waals surface area (Å²) in [5.41, 5.74) is 7.28. The second-order valence-corrected chi connectivity index (χ2v) is 11.9. The number of hydrogen-bond acceptors (Lipinski definition) is 4. The van der Waals surface area contributed by atoms with E-state index < -0.39 is 0 Å². The number of thiophene rings is 1. The van der Waals surface area contributed by atoms with Crippen molar-refractivity contribution in [2.75, 3.05) is 4.90 Å². The van der Waals surface area contributed by atoms with Crippen LogP contribution >= 0.6 is 11.3 Å². The third-order valence-corrected chi connectivity index (χ3v) is 9.54. The Hall–Kier alpha value is -5.45. The van der Waals surface area contributed by atoms with Crippen molar-refractivity contribution < 1.29 is 4.42 Å². The van der Waals surface area contributed by atoms with Crippen LogP contribution in [-0.2, 0) is 0 Å². The summed E-state index contributed by atoms with van der Waals surface area (Å²) in [5, 5.41) is 7.17. The molecular weight excluding hydrogens is 545 g/mol. The molecule has 0 radical (unpaired) electrons.